The second-order valence-electron chi connectivity index (χ2n) is 6.53. The van der Waals surface area contributed by atoms with Crippen LogP contribution < -0.4 is 21.3 Å². The Morgan fingerprint density at radius 3 is 2.72 bits per heavy atom. The average molecular weight is 352 g/mol. The molecular weight excluding hydrogens is 330 g/mol. The molecule has 1 heterocycles. The van der Waals surface area contributed by atoms with E-state index in [2.05, 4.69) is 10.6 Å². The van der Waals surface area contributed by atoms with E-state index in [1.807, 2.05) is 0 Å². The maximum atomic E-state index is 14.2. The number of anilines is 1. The highest BCUT2D eigenvalue weighted by Crippen LogP contribution is 2.27. The lowest BCUT2D eigenvalue weighted by Crippen LogP contribution is -2.45. The minimum absolute atomic E-state index is 0.0967. The Hall–Kier alpha value is -2.22. The van der Waals surface area contributed by atoms with E-state index < -0.39 is 23.6 Å². The fourth-order valence-electron chi connectivity index (χ4n) is 3.55. The lowest BCUT2D eigenvalue weighted by Gasteiger charge is -2.31. The first-order valence-electron chi connectivity index (χ1n) is 8.56. The van der Waals surface area contributed by atoms with Crippen LogP contribution >= 0.6 is 0 Å². The first kappa shape index (κ1) is 17.6. The Morgan fingerprint density at radius 2 is 2.04 bits per heavy atom. The van der Waals surface area contributed by atoms with Crippen LogP contribution in [0.2, 0.25) is 0 Å². The van der Waals surface area contributed by atoms with Crippen molar-refractivity contribution in [3.8, 4) is 0 Å². The summed E-state index contributed by atoms with van der Waals surface area (Å²) in [4.78, 5) is 25.4. The van der Waals surface area contributed by atoms with E-state index in [1.54, 1.807) is 0 Å². The largest absolute Gasteiger partial charge is 0.349 e. The van der Waals surface area contributed by atoms with E-state index in [0.717, 1.165) is 36.6 Å². The van der Waals surface area contributed by atoms with Gasteiger partial charge >= 0.3 is 6.03 Å². The van der Waals surface area contributed by atoms with Crippen molar-refractivity contribution in [1.29, 1.82) is 0 Å². The van der Waals surface area contributed by atoms with Crippen LogP contribution in [0, 0.1) is 17.6 Å². The predicted octanol–water partition coefficient (Wildman–Crippen LogP) is 1.74. The summed E-state index contributed by atoms with van der Waals surface area (Å²) in [7, 11) is 0. The standard InChI is InChI=1S/C17H22F2N4O2/c18-12-8-13(19)15(23-6-5-21-17(23)25)7-11(12)16(24)22-14-4-2-1-3-10(14)9-20/h7-8,10,14H,1-6,9,20H2,(H,21,25)(H,22,24)/t10-,14+/m1/s1. The molecule has 1 aliphatic heterocycles. The fourth-order valence-corrected chi connectivity index (χ4v) is 3.55. The third-order valence-corrected chi connectivity index (χ3v) is 4.96. The number of amides is 3. The number of nitrogens with one attached hydrogen (secondary N) is 2. The third-order valence-electron chi connectivity index (χ3n) is 4.96. The summed E-state index contributed by atoms with van der Waals surface area (Å²) in [6.45, 7) is 1.09. The quantitative estimate of drug-likeness (QED) is 0.771. The summed E-state index contributed by atoms with van der Waals surface area (Å²) in [6, 6.07) is 1.17. The van der Waals surface area contributed by atoms with Crippen LogP contribution in [-0.4, -0.2) is 37.6 Å². The lowest BCUT2D eigenvalue weighted by molar-refractivity contribution is 0.0904. The van der Waals surface area contributed by atoms with E-state index in [4.69, 9.17) is 5.73 Å². The third kappa shape index (κ3) is 3.58. The molecule has 1 saturated carbocycles. The molecule has 25 heavy (non-hydrogen) atoms. The van der Waals surface area contributed by atoms with Gasteiger partial charge in [-0.3, -0.25) is 9.69 Å². The molecule has 3 amide bonds. The maximum absolute atomic E-state index is 14.2. The molecule has 1 saturated heterocycles. The van der Waals surface area contributed by atoms with Crippen molar-refractivity contribution in [2.24, 2.45) is 11.7 Å². The highest BCUT2D eigenvalue weighted by molar-refractivity contribution is 5.99. The van der Waals surface area contributed by atoms with Crippen molar-refractivity contribution in [3.05, 3.63) is 29.3 Å². The van der Waals surface area contributed by atoms with Crippen LogP contribution in [0.5, 0.6) is 0 Å². The van der Waals surface area contributed by atoms with Crippen LogP contribution in [0.3, 0.4) is 0 Å². The van der Waals surface area contributed by atoms with Crippen molar-refractivity contribution in [2.45, 2.75) is 31.7 Å². The number of nitrogens with two attached hydrogens (primary N) is 1. The second-order valence-corrected chi connectivity index (χ2v) is 6.53. The number of hydrogen-bond acceptors (Lipinski definition) is 3. The smallest absolute Gasteiger partial charge is 0.322 e. The van der Waals surface area contributed by atoms with Crippen LogP contribution in [0.15, 0.2) is 12.1 Å². The van der Waals surface area contributed by atoms with Gasteiger partial charge in [0.25, 0.3) is 5.91 Å². The van der Waals surface area contributed by atoms with Gasteiger partial charge in [-0.2, -0.15) is 0 Å². The first-order chi connectivity index (χ1) is 12.0. The molecule has 4 N–H and O–H groups in total. The SMILES string of the molecule is NC[C@H]1CCCC[C@@H]1NC(=O)c1cc(N2CCNC2=O)c(F)cc1F. The van der Waals surface area contributed by atoms with Crippen LogP contribution in [0.4, 0.5) is 19.3 Å². The van der Waals surface area contributed by atoms with E-state index in [9.17, 15) is 18.4 Å². The minimum atomic E-state index is -0.946. The average Bonchev–Trinajstić information content (AvgIpc) is 3.01. The Balaban J connectivity index is 1.83. The lowest BCUT2D eigenvalue weighted by atomic mass is 9.84. The molecule has 136 valence electrons. The summed E-state index contributed by atoms with van der Waals surface area (Å²) in [6.07, 6.45) is 3.75. The molecule has 0 bridgehead atoms. The van der Waals surface area contributed by atoms with E-state index >= 15 is 0 Å². The molecule has 0 aromatic heterocycles. The van der Waals surface area contributed by atoms with Gasteiger partial charge < -0.3 is 16.4 Å². The van der Waals surface area contributed by atoms with E-state index in [1.165, 1.54) is 0 Å². The molecule has 1 aromatic carbocycles. The van der Waals surface area contributed by atoms with E-state index in [0.29, 0.717) is 19.2 Å². The minimum Gasteiger partial charge on any atom is -0.349 e. The molecule has 2 aliphatic rings. The summed E-state index contributed by atoms with van der Waals surface area (Å²) in [5, 5.41) is 5.37. The highest BCUT2D eigenvalue weighted by atomic mass is 19.1. The van der Waals surface area contributed by atoms with Gasteiger partial charge in [-0.05, 0) is 31.4 Å². The summed E-state index contributed by atoms with van der Waals surface area (Å²) >= 11 is 0. The van der Waals surface area contributed by atoms with Crippen LogP contribution in [0.25, 0.3) is 0 Å². The van der Waals surface area contributed by atoms with Gasteiger partial charge in [-0.1, -0.05) is 12.8 Å². The second kappa shape index (κ2) is 7.35. The number of carbonyl (C=O) groups is 2. The number of benzene rings is 1. The van der Waals surface area contributed by atoms with Crippen molar-refractivity contribution in [2.75, 3.05) is 24.5 Å². The van der Waals surface area contributed by atoms with Crippen LogP contribution in [-0.2, 0) is 0 Å². The number of carbonyl (C=O) groups excluding carboxylic acids is 2. The van der Waals surface area contributed by atoms with Gasteiger partial charge in [0.15, 0.2) is 0 Å². The number of rotatable bonds is 4. The van der Waals surface area contributed by atoms with Crippen molar-refractivity contribution < 1.29 is 18.4 Å². The van der Waals surface area contributed by atoms with Gasteiger partial charge in [0.05, 0.1) is 11.3 Å². The Morgan fingerprint density at radius 1 is 1.28 bits per heavy atom. The van der Waals surface area contributed by atoms with Gasteiger partial charge in [-0.15, -0.1) is 0 Å². The van der Waals surface area contributed by atoms with Crippen molar-refractivity contribution in [1.82, 2.24) is 10.6 Å². The van der Waals surface area contributed by atoms with Gasteiger partial charge in [-0.25, -0.2) is 13.6 Å². The number of urea groups is 1. The first-order valence-corrected chi connectivity index (χ1v) is 8.56. The van der Waals surface area contributed by atoms with Crippen molar-refractivity contribution >= 4 is 17.6 Å². The Labute approximate surface area is 144 Å². The maximum Gasteiger partial charge on any atom is 0.322 e. The Kier molecular flexibility index (Phi) is 5.17. The molecular formula is C17H22F2N4O2. The monoisotopic (exact) mass is 352 g/mol. The molecule has 0 radical (unpaired) electrons. The molecule has 2 fully saturated rings. The zero-order valence-corrected chi connectivity index (χ0v) is 13.9. The highest BCUT2D eigenvalue weighted by Gasteiger charge is 2.29. The van der Waals surface area contributed by atoms with Gasteiger partial charge in [0.2, 0.25) is 0 Å². The van der Waals surface area contributed by atoms with E-state index in [-0.39, 0.29) is 29.8 Å². The zero-order chi connectivity index (χ0) is 18.0. The van der Waals surface area contributed by atoms with Gasteiger partial charge in [0.1, 0.15) is 11.6 Å². The van der Waals surface area contributed by atoms with Gasteiger partial charge in [0, 0.05) is 25.2 Å². The molecule has 0 unspecified atom stereocenters. The molecule has 6 nitrogen and oxygen atoms in total. The fraction of sp³-hybridized carbons (Fsp3) is 0.529. The summed E-state index contributed by atoms with van der Waals surface area (Å²) in [5.41, 5.74) is 5.39. The number of halogens is 2. The topological polar surface area (TPSA) is 87.5 Å². The molecule has 3 rings (SSSR count). The Bertz CT molecular complexity index is 683. The zero-order valence-electron chi connectivity index (χ0n) is 13.9. The molecule has 0 spiro atoms. The predicted molar refractivity (Wildman–Crippen MR) is 89.4 cm³/mol. The number of hydrogen-bond donors (Lipinski definition) is 3. The molecule has 8 heteroatoms. The normalized spacial score (nSPS) is 23.5. The summed E-state index contributed by atoms with van der Waals surface area (Å²) < 4.78 is 28.2. The van der Waals surface area contributed by atoms with Crippen molar-refractivity contribution in [3.63, 3.8) is 0 Å². The summed E-state index contributed by atoms with van der Waals surface area (Å²) in [5.74, 6) is -2.27. The van der Waals surface area contributed by atoms with Crippen LogP contribution in [0.1, 0.15) is 36.0 Å². The molecule has 1 aromatic rings. The molecule has 1 aliphatic carbocycles. The number of nitrogens with zero attached hydrogens (tertiary/aromatic N) is 1. The molecule has 2 atom stereocenters.